The number of rotatable bonds is 5. The average molecular weight is 448 g/mol. The molecule has 0 aliphatic heterocycles. The van der Waals surface area contributed by atoms with Gasteiger partial charge in [-0.25, -0.2) is 0 Å². The summed E-state index contributed by atoms with van der Waals surface area (Å²) in [5, 5.41) is 3.40. The lowest BCUT2D eigenvalue weighted by Gasteiger charge is -2.13. The van der Waals surface area contributed by atoms with Crippen molar-refractivity contribution in [2.24, 2.45) is 0 Å². The van der Waals surface area contributed by atoms with Crippen molar-refractivity contribution in [2.45, 2.75) is 6.54 Å². The third-order valence-electron chi connectivity index (χ3n) is 2.81. The van der Waals surface area contributed by atoms with Crippen molar-refractivity contribution in [3.8, 4) is 11.5 Å². The molecule has 0 heterocycles. The van der Waals surface area contributed by atoms with E-state index in [9.17, 15) is 0 Å². The van der Waals surface area contributed by atoms with Crippen molar-refractivity contribution in [1.29, 1.82) is 0 Å². The van der Waals surface area contributed by atoms with E-state index in [-0.39, 0.29) is 0 Å². The monoisotopic (exact) mass is 447 g/mol. The SMILES string of the molecule is COc1cc(CNc2cccc(I)c2)cc(Br)c1OC. The van der Waals surface area contributed by atoms with Crippen molar-refractivity contribution < 1.29 is 9.47 Å². The highest BCUT2D eigenvalue weighted by Crippen LogP contribution is 2.36. The molecule has 20 heavy (non-hydrogen) atoms. The Morgan fingerprint density at radius 3 is 2.60 bits per heavy atom. The van der Waals surface area contributed by atoms with Gasteiger partial charge in [0.1, 0.15) is 0 Å². The van der Waals surface area contributed by atoms with Crippen molar-refractivity contribution in [3.05, 3.63) is 50.0 Å². The third-order valence-corrected chi connectivity index (χ3v) is 4.07. The van der Waals surface area contributed by atoms with Crippen LogP contribution in [0.2, 0.25) is 0 Å². The van der Waals surface area contributed by atoms with Crippen LogP contribution in [0.1, 0.15) is 5.56 Å². The summed E-state index contributed by atoms with van der Waals surface area (Å²) in [6.45, 7) is 0.721. The predicted molar refractivity (Wildman–Crippen MR) is 93.7 cm³/mol. The minimum absolute atomic E-state index is 0.713. The lowest BCUT2D eigenvalue weighted by atomic mass is 10.2. The van der Waals surface area contributed by atoms with Crippen LogP contribution >= 0.6 is 38.5 Å². The smallest absolute Gasteiger partial charge is 0.174 e. The van der Waals surface area contributed by atoms with Crippen LogP contribution in [0.3, 0.4) is 0 Å². The van der Waals surface area contributed by atoms with Crippen LogP contribution in [0.4, 0.5) is 5.69 Å². The molecule has 0 spiro atoms. The third kappa shape index (κ3) is 3.79. The second kappa shape index (κ2) is 7.17. The first-order valence-electron chi connectivity index (χ1n) is 6.04. The lowest BCUT2D eigenvalue weighted by Crippen LogP contribution is -2.01. The van der Waals surface area contributed by atoms with Gasteiger partial charge in [-0.2, -0.15) is 0 Å². The van der Waals surface area contributed by atoms with Gasteiger partial charge in [-0.15, -0.1) is 0 Å². The van der Waals surface area contributed by atoms with Gasteiger partial charge in [0.15, 0.2) is 11.5 Å². The summed E-state index contributed by atoms with van der Waals surface area (Å²) in [7, 11) is 3.27. The zero-order valence-corrected chi connectivity index (χ0v) is 15.0. The standard InChI is InChI=1S/C15H15BrINO2/c1-19-14-7-10(6-13(16)15(14)20-2)9-18-12-5-3-4-11(17)8-12/h3-8,18H,9H2,1-2H3. The Balaban J connectivity index is 2.16. The summed E-state index contributed by atoms with van der Waals surface area (Å²) in [5.41, 5.74) is 2.22. The molecule has 5 heteroatoms. The van der Waals surface area contributed by atoms with E-state index in [1.54, 1.807) is 14.2 Å². The van der Waals surface area contributed by atoms with Gasteiger partial charge < -0.3 is 14.8 Å². The summed E-state index contributed by atoms with van der Waals surface area (Å²) >= 11 is 5.80. The molecule has 106 valence electrons. The van der Waals surface area contributed by atoms with Gasteiger partial charge in [0.05, 0.1) is 18.7 Å². The van der Waals surface area contributed by atoms with E-state index in [4.69, 9.17) is 9.47 Å². The number of halogens is 2. The van der Waals surface area contributed by atoms with Gasteiger partial charge in [0.2, 0.25) is 0 Å². The second-order valence-corrected chi connectivity index (χ2v) is 6.28. The van der Waals surface area contributed by atoms with E-state index in [1.807, 2.05) is 18.2 Å². The van der Waals surface area contributed by atoms with Crippen LogP contribution in [-0.4, -0.2) is 14.2 Å². The molecule has 0 unspecified atom stereocenters. The molecule has 0 aliphatic carbocycles. The molecule has 1 N–H and O–H groups in total. The fourth-order valence-electron chi connectivity index (χ4n) is 1.88. The van der Waals surface area contributed by atoms with E-state index in [1.165, 1.54) is 3.57 Å². The number of ether oxygens (including phenoxy) is 2. The number of benzene rings is 2. The summed E-state index contributed by atoms with van der Waals surface area (Å²) < 4.78 is 12.7. The van der Waals surface area contributed by atoms with Crippen LogP contribution in [0.25, 0.3) is 0 Å². The van der Waals surface area contributed by atoms with E-state index in [0.717, 1.165) is 28.0 Å². The van der Waals surface area contributed by atoms with Gasteiger partial charge in [-0.3, -0.25) is 0 Å². The number of hydrogen-bond acceptors (Lipinski definition) is 3. The molecule has 0 amide bonds. The second-order valence-electron chi connectivity index (χ2n) is 4.18. The van der Waals surface area contributed by atoms with Crippen molar-refractivity contribution in [3.63, 3.8) is 0 Å². The average Bonchev–Trinajstić information content (AvgIpc) is 2.44. The van der Waals surface area contributed by atoms with Gasteiger partial charge in [-0.1, -0.05) is 6.07 Å². The van der Waals surface area contributed by atoms with E-state index in [2.05, 4.69) is 62.0 Å². The van der Waals surface area contributed by atoms with E-state index >= 15 is 0 Å². The lowest BCUT2D eigenvalue weighted by molar-refractivity contribution is 0.352. The zero-order chi connectivity index (χ0) is 14.5. The predicted octanol–water partition coefficient (Wildman–Crippen LogP) is 4.68. The van der Waals surface area contributed by atoms with Crippen molar-refractivity contribution in [1.82, 2.24) is 0 Å². The van der Waals surface area contributed by atoms with Crippen molar-refractivity contribution in [2.75, 3.05) is 19.5 Å². The highest BCUT2D eigenvalue weighted by Gasteiger charge is 2.10. The fraction of sp³-hybridized carbons (Fsp3) is 0.200. The molecule has 0 bridgehead atoms. The maximum Gasteiger partial charge on any atom is 0.174 e. The minimum atomic E-state index is 0.713. The molecular formula is C15H15BrINO2. The van der Waals surface area contributed by atoms with Crippen LogP contribution in [0, 0.1) is 3.57 Å². The highest BCUT2D eigenvalue weighted by atomic mass is 127. The number of methoxy groups -OCH3 is 2. The molecule has 0 saturated heterocycles. The first-order valence-corrected chi connectivity index (χ1v) is 7.91. The molecule has 2 aromatic carbocycles. The molecule has 0 aromatic heterocycles. The molecule has 3 nitrogen and oxygen atoms in total. The van der Waals surface area contributed by atoms with Gasteiger partial charge >= 0.3 is 0 Å². The fourth-order valence-corrected chi connectivity index (χ4v) is 3.07. The largest absolute Gasteiger partial charge is 0.493 e. The van der Waals surface area contributed by atoms with Crippen LogP contribution in [-0.2, 0) is 6.54 Å². The number of nitrogens with one attached hydrogen (secondary N) is 1. The van der Waals surface area contributed by atoms with Crippen LogP contribution in [0.5, 0.6) is 11.5 Å². The Bertz CT molecular complexity index is 604. The number of anilines is 1. The molecule has 0 atom stereocenters. The maximum atomic E-state index is 5.34. The Morgan fingerprint density at radius 2 is 1.95 bits per heavy atom. The quantitative estimate of drug-likeness (QED) is 0.675. The molecule has 0 radical (unpaired) electrons. The number of hydrogen-bond donors (Lipinski definition) is 1. The van der Waals surface area contributed by atoms with Gasteiger partial charge in [-0.05, 0) is 74.4 Å². The minimum Gasteiger partial charge on any atom is -0.493 e. The molecule has 2 rings (SSSR count). The van der Waals surface area contributed by atoms with E-state index < -0.39 is 0 Å². The van der Waals surface area contributed by atoms with Crippen LogP contribution in [0.15, 0.2) is 40.9 Å². The van der Waals surface area contributed by atoms with Crippen LogP contribution < -0.4 is 14.8 Å². The summed E-state index contributed by atoms with van der Waals surface area (Å²) in [5.74, 6) is 1.44. The molecule has 0 saturated carbocycles. The zero-order valence-electron chi connectivity index (χ0n) is 11.2. The first kappa shape index (κ1) is 15.4. The molecular weight excluding hydrogens is 433 g/mol. The Labute approximate surface area is 140 Å². The maximum absolute atomic E-state index is 5.34. The molecule has 2 aromatic rings. The summed E-state index contributed by atoms with van der Waals surface area (Å²) in [6.07, 6.45) is 0. The molecule has 0 aliphatic rings. The first-order chi connectivity index (χ1) is 9.63. The van der Waals surface area contributed by atoms with Gasteiger partial charge in [0, 0.05) is 15.8 Å². The Morgan fingerprint density at radius 1 is 1.15 bits per heavy atom. The van der Waals surface area contributed by atoms with E-state index in [0.29, 0.717) is 5.75 Å². The summed E-state index contributed by atoms with van der Waals surface area (Å²) in [6, 6.07) is 12.3. The molecule has 0 fully saturated rings. The highest BCUT2D eigenvalue weighted by molar-refractivity contribution is 14.1. The Kier molecular flexibility index (Phi) is 5.54. The normalized spacial score (nSPS) is 10.2. The topological polar surface area (TPSA) is 30.5 Å². The summed E-state index contributed by atoms with van der Waals surface area (Å²) in [4.78, 5) is 0. The van der Waals surface area contributed by atoms with Gasteiger partial charge in [0.25, 0.3) is 0 Å². The van der Waals surface area contributed by atoms with Crippen molar-refractivity contribution >= 4 is 44.2 Å². The Hall–Kier alpha value is -0.950.